The van der Waals surface area contributed by atoms with E-state index in [2.05, 4.69) is 18.1 Å². The fraction of sp³-hybridized carbons (Fsp3) is 1.00. The van der Waals surface area contributed by atoms with Crippen molar-refractivity contribution in [1.29, 1.82) is 0 Å². The highest BCUT2D eigenvalue weighted by atomic mass is 31.2. The van der Waals surface area contributed by atoms with E-state index in [1.165, 1.54) is 0 Å². The summed E-state index contributed by atoms with van der Waals surface area (Å²) in [7, 11) is -21.8. The number of hydrogen-bond donors (Lipinski definition) is 9. The van der Waals surface area contributed by atoms with Crippen LogP contribution in [0, 0.1) is 0 Å². The van der Waals surface area contributed by atoms with Gasteiger partial charge in [0.2, 0.25) is 0 Å². The predicted octanol–water partition coefficient (Wildman–Crippen LogP) is -2.34. The van der Waals surface area contributed by atoms with Gasteiger partial charge in [0.05, 0.1) is 0 Å². The van der Waals surface area contributed by atoms with Crippen LogP contribution in [-0.4, -0.2) is 74.8 Å². The molecule has 0 amide bonds. The molecule has 21 heteroatoms. The largest absolute Gasteiger partial charge is 0.470 e. The summed E-state index contributed by atoms with van der Waals surface area (Å²) >= 11 is 0. The number of aliphatic hydroxyl groups excluding tert-OH is 1. The van der Waals surface area contributed by atoms with E-state index in [0.29, 0.717) is 0 Å². The van der Waals surface area contributed by atoms with Crippen LogP contribution in [0.5, 0.6) is 0 Å². The number of phosphoric acid groups is 4. The monoisotopic (exact) mass is 484 g/mol. The SMILES string of the molecule is O=P(O)(O)O[C@@H]1[C@@H](O)[C@H](OP(=O)(O)O)C[C@H](OP(=O)(O)O)[C@H]1OP(=O)(O)O. The Hall–Kier alpha value is 0.400. The Morgan fingerprint density at radius 2 is 0.889 bits per heavy atom. The van der Waals surface area contributed by atoms with Crippen molar-refractivity contribution in [3.63, 3.8) is 0 Å². The first-order chi connectivity index (χ1) is 11.8. The van der Waals surface area contributed by atoms with Crippen LogP contribution in [0.4, 0.5) is 0 Å². The van der Waals surface area contributed by atoms with Crippen LogP contribution >= 0.6 is 31.3 Å². The minimum atomic E-state index is -5.52. The average Bonchev–Trinajstić information content (AvgIpc) is 2.33. The normalized spacial score (nSPS) is 31.1. The maximum atomic E-state index is 11.1. The van der Waals surface area contributed by atoms with E-state index in [4.69, 9.17) is 39.1 Å². The molecule has 0 unspecified atom stereocenters. The highest BCUT2D eigenvalue weighted by Gasteiger charge is 2.53. The zero-order chi connectivity index (χ0) is 21.4. The van der Waals surface area contributed by atoms with Gasteiger partial charge in [0.1, 0.15) is 30.5 Å². The van der Waals surface area contributed by atoms with Crippen molar-refractivity contribution in [3.8, 4) is 0 Å². The molecule has 162 valence electrons. The molecular weight excluding hydrogens is 468 g/mol. The summed E-state index contributed by atoms with van der Waals surface area (Å²) in [6, 6.07) is 0. The van der Waals surface area contributed by atoms with E-state index < -0.39 is 68.2 Å². The van der Waals surface area contributed by atoms with E-state index >= 15 is 0 Å². The van der Waals surface area contributed by atoms with E-state index in [9.17, 15) is 23.4 Å². The van der Waals surface area contributed by atoms with Gasteiger partial charge in [-0.15, -0.1) is 0 Å². The molecule has 0 heterocycles. The highest BCUT2D eigenvalue weighted by molar-refractivity contribution is 7.47. The van der Waals surface area contributed by atoms with Crippen molar-refractivity contribution in [2.75, 3.05) is 0 Å². The Kier molecular flexibility index (Phi) is 8.14. The van der Waals surface area contributed by atoms with Crippen LogP contribution in [0.2, 0.25) is 0 Å². The lowest BCUT2D eigenvalue weighted by Gasteiger charge is -2.43. The van der Waals surface area contributed by atoms with E-state index in [1.807, 2.05) is 0 Å². The molecule has 0 bridgehead atoms. The third-order valence-electron chi connectivity index (χ3n) is 2.94. The van der Waals surface area contributed by atoms with Gasteiger partial charge in [-0.25, -0.2) is 18.3 Å². The van der Waals surface area contributed by atoms with Gasteiger partial charge in [-0.2, -0.15) is 0 Å². The van der Waals surface area contributed by atoms with Gasteiger partial charge in [-0.1, -0.05) is 0 Å². The molecule has 17 nitrogen and oxygen atoms in total. The molecule has 1 rings (SSSR count). The third-order valence-corrected chi connectivity index (χ3v) is 5.06. The lowest BCUT2D eigenvalue weighted by Crippen LogP contribution is -2.58. The molecule has 1 aliphatic carbocycles. The van der Waals surface area contributed by atoms with E-state index in [1.54, 1.807) is 0 Å². The summed E-state index contributed by atoms with van der Waals surface area (Å²) in [5.74, 6) is 0. The zero-order valence-electron chi connectivity index (χ0n) is 12.7. The fourth-order valence-corrected chi connectivity index (χ4v) is 4.51. The van der Waals surface area contributed by atoms with Gasteiger partial charge in [0.15, 0.2) is 0 Å². The minimum Gasteiger partial charge on any atom is -0.388 e. The minimum absolute atomic E-state index is 1.02. The Balaban J connectivity index is 3.36. The van der Waals surface area contributed by atoms with Crippen molar-refractivity contribution < 1.29 is 80.6 Å². The van der Waals surface area contributed by atoms with Gasteiger partial charge >= 0.3 is 31.3 Å². The second-order valence-corrected chi connectivity index (χ2v) is 9.88. The molecule has 0 aliphatic heterocycles. The Morgan fingerprint density at radius 3 is 1.26 bits per heavy atom. The van der Waals surface area contributed by atoms with Crippen LogP contribution in [0.15, 0.2) is 0 Å². The average molecular weight is 484 g/mol. The first-order valence-corrected chi connectivity index (χ1v) is 12.5. The Labute approximate surface area is 149 Å². The third kappa shape index (κ3) is 9.63. The molecule has 0 aromatic heterocycles. The first kappa shape index (κ1) is 25.4. The standard InChI is InChI=1S/C6H16O17P4/c7-4-2(20-24(8,9)10)1-3(21-25(11,12)13)5(22-26(14,15)16)6(4)23-27(17,18)19/h2-7H,1H2,(H2,8,9,10)(H2,11,12,13)(H2,14,15,16)(H2,17,18,19)/t2-,3+,4+,5-,6-/m1/s1. The second-order valence-electron chi connectivity index (χ2n) is 5.12. The number of hydrogen-bond acceptors (Lipinski definition) is 9. The molecular formula is C6H16O17P4. The summed E-state index contributed by atoms with van der Waals surface area (Å²) in [5, 5.41) is 10.0. The van der Waals surface area contributed by atoms with E-state index in [0.717, 1.165) is 0 Å². The Morgan fingerprint density at radius 1 is 0.556 bits per heavy atom. The van der Waals surface area contributed by atoms with Crippen molar-refractivity contribution in [2.45, 2.75) is 36.9 Å². The van der Waals surface area contributed by atoms with Gasteiger partial charge in [-0.05, 0) is 0 Å². The molecule has 1 fully saturated rings. The molecule has 27 heavy (non-hydrogen) atoms. The summed E-state index contributed by atoms with van der Waals surface area (Å²) < 4.78 is 60.8. The second kappa shape index (κ2) is 8.64. The number of aliphatic hydroxyl groups is 1. The maximum Gasteiger partial charge on any atom is 0.470 e. The first-order valence-electron chi connectivity index (χ1n) is 6.41. The molecule has 1 aliphatic rings. The molecule has 0 spiro atoms. The molecule has 1 saturated carbocycles. The fourth-order valence-electron chi connectivity index (χ4n) is 2.25. The van der Waals surface area contributed by atoms with Gasteiger partial charge in [0, 0.05) is 6.42 Å². The lowest BCUT2D eigenvalue weighted by atomic mass is 9.87. The number of phosphoric ester groups is 4. The van der Waals surface area contributed by atoms with Crippen molar-refractivity contribution >= 4 is 31.3 Å². The topological polar surface area (TPSA) is 287 Å². The molecule has 5 atom stereocenters. The quantitative estimate of drug-likeness (QED) is 0.163. The smallest absolute Gasteiger partial charge is 0.388 e. The molecule has 0 radical (unpaired) electrons. The van der Waals surface area contributed by atoms with Gasteiger partial charge in [0.25, 0.3) is 0 Å². The predicted molar refractivity (Wildman–Crippen MR) is 78.3 cm³/mol. The summed E-state index contributed by atoms with van der Waals surface area (Å²) in [6.45, 7) is 0. The molecule has 0 saturated heterocycles. The highest BCUT2D eigenvalue weighted by Crippen LogP contribution is 2.52. The summed E-state index contributed by atoms with van der Waals surface area (Å²) in [5.41, 5.74) is 0. The van der Waals surface area contributed by atoms with Crippen LogP contribution < -0.4 is 0 Å². The van der Waals surface area contributed by atoms with Gasteiger partial charge < -0.3 is 44.3 Å². The molecule has 0 aromatic carbocycles. The maximum absolute atomic E-state index is 11.1. The van der Waals surface area contributed by atoms with Crippen LogP contribution in [0.1, 0.15) is 6.42 Å². The van der Waals surface area contributed by atoms with Crippen molar-refractivity contribution in [3.05, 3.63) is 0 Å². The van der Waals surface area contributed by atoms with Crippen LogP contribution in [0.3, 0.4) is 0 Å². The van der Waals surface area contributed by atoms with Crippen molar-refractivity contribution in [2.24, 2.45) is 0 Å². The summed E-state index contributed by atoms with van der Waals surface area (Å²) in [6.07, 6.45) is -12.6. The van der Waals surface area contributed by atoms with Gasteiger partial charge in [-0.3, -0.25) is 18.1 Å². The molecule has 9 N–H and O–H groups in total. The summed E-state index contributed by atoms with van der Waals surface area (Å²) in [4.78, 5) is 70.9. The molecule has 0 aromatic rings. The number of rotatable bonds is 8. The lowest BCUT2D eigenvalue weighted by molar-refractivity contribution is -0.162. The zero-order valence-corrected chi connectivity index (χ0v) is 16.3. The van der Waals surface area contributed by atoms with Crippen LogP contribution in [0.25, 0.3) is 0 Å². The Bertz CT molecular complexity index is 696. The van der Waals surface area contributed by atoms with E-state index in [-0.39, 0.29) is 0 Å². The van der Waals surface area contributed by atoms with Crippen LogP contribution in [-0.2, 0) is 36.4 Å². The van der Waals surface area contributed by atoms with Crippen molar-refractivity contribution in [1.82, 2.24) is 0 Å².